The molecule has 0 N–H and O–H groups in total. The van der Waals surface area contributed by atoms with Crippen LogP contribution in [0, 0.1) is 0 Å². The normalized spacial score (nSPS) is 14.1. The van der Waals surface area contributed by atoms with Gasteiger partial charge in [-0.1, -0.05) is 24.3 Å². The Morgan fingerprint density at radius 2 is 1.48 bits per heavy atom. The predicted molar refractivity (Wildman–Crippen MR) is 118 cm³/mol. The molecule has 3 aromatic carbocycles. The molecule has 1 saturated heterocycles. The van der Waals surface area contributed by atoms with Gasteiger partial charge in [-0.05, 0) is 59.7 Å². The highest BCUT2D eigenvalue weighted by molar-refractivity contribution is 7.92. The van der Waals surface area contributed by atoms with Crippen molar-refractivity contribution in [2.75, 3.05) is 27.3 Å². The van der Waals surface area contributed by atoms with Crippen LogP contribution >= 0.6 is 0 Å². The first-order valence-electron chi connectivity index (χ1n) is 9.84. The molecular weight excluding hydrogens is 414 g/mol. The Hall–Kier alpha value is -3.32. The highest BCUT2D eigenvalue weighted by Gasteiger charge is 2.40. The lowest BCUT2D eigenvalue weighted by Crippen LogP contribution is -2.56. The van der Waals surface area contributed by atoms with Crippen LogP contribution in [-0.2, 0) is 9.84 Å². The third-order valence-electron chi connectivity index (χ3n) is 5.50. The largest absolute Gasteiger partial charge is 0.497 e. The van der Waals surface area contributed by atoms with E-state index in [1.807, 2.05) is 36.4 Å². The second kappa shape index (κ2) is 8.43. The number of hydrogen-bond acceptors (Lipinski definition) is 5. The van der Waals surface area contributed by atoms with Crippen molar-refractivity contribution in [2.45, 2.75) is 10.1 Å². The molecule has 160 valence electrons. The Bertz CT molecular complexity index is 1180. The summed E-state index contributed by atoms with van der Waals surface area (Å²) in [6.45, 7) is 0.371. The number of likely N-dealkylation sites (tertiary alicyclic amines) is 1. The summed E-state index contributed by atoms with van der Waals surface area (Å²) in [7, 11) is -0.336. The summed E-state index contributed by atoms with van der Waals surface area (Å²) >= 11 is 0. The van der Waals surface area contributed by atoms with E-state index in [0.717, 1.165) is 16.9 Å². The van der Waals surface area contributed by atoms with E-state index in [4.69, 9.17) is 9.47 Å². The molecule has 0 saturated carbocycles. The SMILES string of the molecule is COc1ccc(S(=O)(=O)C2CN(C(=O)c3ccc(-c4cccc(OC)c4)cc3)C2)cc1. The number of carbonyl (C=O) groups is 1. The first-order valence-corrected chi connectivity index (χ1v) is 11.4. The van der Waals surface area contributed by atoms with Crippen LogP contribution in [0.3, 0.4) is 0 Å². The predicted octanol–water partition coefficient (Wildman–Crippen LogP) is 3.67. The van der Waals surface area contributed by atoms with Crippen molar-refractivity contribution < 1.29 is 22.7 Å². The zero-order valence-electron chi connectivity index (χ0n) is 17.3. The first kappa shape index (κ1) is 20.9. The zero-order valence-corrected chi connectivity index (χ0v) is 18.1. The smallest absolute Gasteiger partial charge is 0.253 e. The summed E-state index contributed by atoms with van der Waals surface area (Å²) in [6, 6.07) is 21.3. The van der Waals surface area contributed by atoms with Gasteiger partial charge in [0.05, 0.1) is 19.1 Å². The maximum Gasteiger partial charge on any atom is 0.253 e. The molecule has 7 heteroatoms. The molecule has 0 atom stereocenters. The lowest BCUT2D eigenvalue weighted by atomic mass is 10.0. The lowest BCUT2D eigenvalue weighted by Gasteiger charge is -2.38. The molecule has 0 bridgehead atoms. The van der Waals surface area contributed by atoms with Crippen molar-refractivity contribution in [3.8, 4) is 22.6 Å². The van der Waals surface area contributed by atoms with Gasteiger partial charge in [0.1, 0.15) is 16.7 Å². The molecule has 3 aromatic rings. The lowest BCUT2D eigenvalue weighted by molar-refractivity contribution is 0.0659. The molecule has 1 amide bonds. The maximum absolute atomic E-state index is 12.8. The van der Waals surface area contributed by atoms with E-state index in [-0.39, 0.29) is 23.9 Å². The third kappa shape index (κ3) is 4.14. The van der Waals surface area contributed by atoms with E-state index in [1.165, 1.54) is 19.2 Å². The van der Waals surface area contributed by atoms with Crippen LogP contribution in [-0.4, -0.2) is 51.8 Å². The number of amides is 1. The average Bonchev–Trinajstić information content (AvgIpc) is 2.78. The number of sulfone groups is 1. The van der Waals surface area contributed by atoms with Crippen LogP contribution in [0.4, 0.5) is 0 Å². The standard InChI is InChI=1S/C24H23NO5S/c1-29-20-10-12-22(13-11-20)31(27,28)23-15-25(16-23)24(26)18-8-6-17(7-9-18)19-4-3-5-21(14-19)30-2/h3-14,23H,15-16H2,1-2H3. The zero-order chi connectivity index (χ0) is 22.0. The van der Waals surface area contributed by atoms with Crippen molar-refractivity contribution in [3.63, 3.8) is 0 Å². The van der Waals surface area contributed by atoms with Gasteiger partial charge in [0, 0.05) is 18.7 Å². The molecule has 1 fully saturated rings. The van der Waals surface area contributed by atoms with Crippen molar-refractivity contribution >= 4 is 15.7 Å². The Morgan fingerprint density at radius 3 is 2.10 bits per heavy atom. The number of methoxy groups -OCH3 is 2. The summed E-state index contributed by atoms with van der Waals surface area (Å²) in [5, 5.41) is -0.596. The number of rotatable bonds is 6. The van der Waals surface area contributed by atoms with Gasteiger partial charge < -0.3 is 14.4 Å². The van der Waals surface area contributed by atoms with E-state index in [0.29, 0.717) is 11.3 Å². The van der Waals surface area contributed by atoms with Crippen LogP contribution in [0.15, 0.2) is 77.7 Å². The van der Waals surface area contributed by atoms with Crippen molar-refractivity contribution in [1.82, 2.24) is 4.90 Å². The van der Waals surface area contributed by atoms with Crippen LogP contribution in [0.25, 0.3) is 11.1 Å². The van der Waals surface area contributed by atoms with E-state index in [1.54, 1.807) is 36.3 Å². The molecule has 0 aromatic heterocycles. The topological polar surface area (TPSA) is 72.9 Å². The fourth-order valence-corrected chi connectivity index (χ4v) is 5.20. The van der Waals surface area contributed by atoms with Crippen molar-refractivity contribution in [3.05, 3.63) is 78.4 Å². The molecule has 6 nitrogen and oxygen atoms in total. The van der Waals surface area contributed by atoms with E-state index >= 15 is 0 Å². The molecular formula is C24H23NO5S. The Kier molecular flexibility index (Phi) is 5.69. The molecule has 4 rings (SSSR count). The summed E-state index contributed by atoms with van der Waals surface area (Å²) in [5.74, 6) is 1.20. The van der Waals surface area contributed by atoms with Gasteiger partial charge in [-0.15, -0.1) is 0 Å². The highest BCUT2D eigenvalue weighted by Crippen LogP contribution is 2.28. The summed E-state index contributed by atoms with van der Waals surface area (Å²) < 4.78 is 35.9. The second-order valence-electron chi connectivity index (χ2n) is 7.36. The van der Waals surface area contributed by atoms with Gasteiger partial charge in [-0.25, -0.2) is 8.42 Å². The molecule has 0 radical (unpaired) electrons. The molecule has 31 heavy (non-hydrogen) atoms. The maximum atomic E-state index is 12.8. The van der Waals surface area contributed by atoms with Gasteiger partial charge in [0.15, 0.2) is 9.84 Å². The molecule has 1 aliphatic heterocycles. The highest BCUT2D eigenvalue weighted by atomic mass is 32.2. The average molecular weight is 438 g/mol. The quantitative estimate of drug-likeness (QED) is 0.588. The minimum absolute atomic E-state index is 0.168. The Morgan fingerprint density at radius 1 is 0.839 bits per heavy atom. The summed E-state index contributed by atoms with van der Waals surface area (Å²) in [5.41, 5.74) is 2.50. The van der Waals surface area contributed by atoms with Crippen LogP contribution in [0.5, 0.6) is 11.5 Å². The summed E-state index contributed by atoms with van der Waals surface area (Å²) in [6.07, 6.45) is 0. The molecule has 0 aliphatic carbocycles. The fourth-order valence-electron chi connectivity index (χ4n) is 3.55. The number of ether oxygens (including phenoxy) is 2. The number of hydrogen-bond donors (Lipinski definition) is 0. The number of carbonyl (C=O) groups excluding carboxylic acids is 1. The van der Waals surface area contributed by atoms with Crippen molar-refractivity contribution in [1.29, 1.82) is 0 Å². The molecule has 0 unspecified atom stereocenters. The Labute approximate surface area is 182 Å². The molecule has 0 spiro atoms. The van der Waals surface area contributed by atoms with Gasteiger partial charge in [0.25, 0.3) is 5.91 Å². The van der Waals surface area contributed by atoms with E-state index in [9.17, 15) is 13.2 Å². The number of benzene rings is 3. The minimum atomic E-state index is -3.49. The van der Waals surface area contributed by atoms with Gasteiger partial charge >= 0.3 is 0 Å². The second-order valence-corrected chi connectivity index (χ2v) is 9.59. The minimum Gasteiger partial charge on any atom is -0.497 e. The van der Waals surface area contributed by atoms with E-state index in [2.05, 4.69) is 0 Å². The van der Waals surface area contributed by atoms with Crippen LogP contribution in [0.2, 0.25) is 0 Å². The summed E-state index contributed by atoms with van der Waals surface area (Å²) in [4.78, 5) is 14.6. The number of nitrogens with zero attached hydrogens (tertiary/aromatic N) is 1. The van der Waals surface area contributed by atoms with Crippen LogP contribution in [0.1, 0.15) is 10.4 Å². The molecule has 1 aliphatic rings. The fraction of sp³-hybridized carbons (Fsp3) is 0.208. The van der Waals surface area contributed by atoms with E-state index < -0.39 is 15.1 Å². The molecule has 1 heterocycles. The Balaban J connectivity index is 1.42. The van der Waals surface area contributed by atoms with Gasteiger partial charge in [-0.2, -0.15) is 0 Å². The monoisotopic (exact) mass is 437 g/mol. The van der Waals surface area contributed by atoms with Crippen molar-refractivity contribution in [2.24, 2.45) is 0 Å². The van der Waals surface area contributed by atoms with Gasteiger partial charge in [-0.3, -0.25) is 4.79 Å². The van der Waals surface area contributed by atoms with Crippen LogP contribution < -0.4 is 9.47 Å². The van der Waals surface area contributed by atoms with Gasteiger partial charge in [0.2, 0.25) is 0 Å². The first-order chi connectivity index (χ1) is 14.9. The third-order valence-corrected chi connectivity index (χ3v) is 7.60.